The van der Waals surface area contributed by atoms with Gasteiger partial charge in [-0.1, -0.05) is 38.4 Å². The highest BCUT2D eigenvalue weighted by molar-refractivity contribution is 7.83. The van der Waals surface area contributed by atoms with Gasteiger partial charge < -0.3 is 0 Å². The van der Waals surface area contributed by atoms with Crippen molar-refractivity contribution in [1.82, 2.24) is 0 Å². The highest BCUT2D eigenvalue weighted by Gasteiger charge is 2.03. The first-order chi connectivity index (χ1) is 4.66. The number of halogens is 1. The Bertz CT molecular complexity index is 73.7. The molecule has 0 aliphatic carbocycles. The lowest BCUT2D eigenvalue weighted by atomic mass is 10.2. The van der Waals surface area contributed by atoms with E-state index in [1.807, 2.05) is 0 Å². The first kappa shape index (κ1) is 10.7. The predicted molar refractivity (Wildman–Crippen MR) is 52.3 cm³/mol. The Hall–Kier alpha value is 0.720. The van der Waals surface area contributed by atoms with Crippen molar-refractivity contribution in [2.45, 2.75) is 33.6 Å². The van der Waals surface area contributed by atoms with Gasteiger partial charge in [-0.3, -0.25) is 0 Å². The molecule has 0 amide bonds. The van der Waals surface area contributed by atoms with Gasteiger partial charge >= 0.3 is 0 Å². The van der Waals surface area contributed by atoms with Crippen LogP contribution in [-0.2, 0) is 0 Å². The SMILES string of the molecule is CCCP(Cl)CCC(C)C. The summed E-state index contributed by atoms with van der Waals surface area (Å²) in [4.78, 5) is 0. The Morgan fingerprint density at radius 1 is 1.30 bits per heavy atom. The summed E-state index contributed by atoms with van der Waals surface area (Å²) in [5, 5.41) is 0. The fraction of sp³-hybridized carbons (Fsp3) is 1.00. The lowest BCUT2D eigenvalue weighted by Crippen LogP contribution is -1.91. The molecule has 0 radical (unpaired) electrons. The van der Waals surface area contributed by atoms with E-state index in [9.17, 15) is 0 Å². The summed E-state index contributed by atoms with van der Waals surface area (Å²) in [6.07, 6.45) is 5.04. The summed E-state index contributed by atoms with van der Waals surface area (Å²) >= 11 is 6.09. The second-order valence-corrected chi connectivity index (χ2v) is 6.35. The van der Waals surface area contributed by atoms with Crippen molar-refractivity contribution >= 4 is 18.5 Å². The second-order valence-electron chi connectivity index (χ2n) is 3.09. The van der Waals surface area contributed by atoms with Crippen molar-refractivity contribution in [2.75, 3.05) is 12.3 Å². The molecular formula is C8H18ClP. The molecule has 0 saturated carbocycles. The minimum absolute atomic E-state index is 0.141. The van der Waals surface area contributed by atoms with Gasteiger partial charge in [-0.25, -0.2) is 0 Å². The fourth-order valence-corrected chi connectivity index (χ4v) is 3.06. The lowest BCUT2D eigenvalue weighted by Gasteiger charge is -2.09. The first-order valence-corrected chi connectivity index (χ1v) is 6.69. The summed E-state index contributed by atoms with van der Waals surface area (Å²) in [5.41, 5.74) is 0. The summed E-state index contributed by atoms with van der Waals surface area (Å²) in [5.74, 6) is 0.820. The van der Waals surface area contributed by atoms with E-state index in [2.05, 4.69) is 20.8 Å². The molecule has 0 aliphatic heterocycles. The molecule has 0 nitrogen and oxygen atoms in total. The number of hydrogen-bond acceptors (Lipinski definition) is 0. The maximum absolute atomic E-state index is 6.09. The molecule has 10 heavy (non-hydrogen) atoms. The van der Waals surface area contributed by atoms with Crippen LogP contribution in [0, 0.1) is 5.92 Å². The van der Waals surface area contributed by atoms with Crippen molar-refractivity contribution in [1.29, 1.82) is 0 Å². The van der Waals surface area contributed by atoms with Gasteiger partial charge in [0.2, 0.25) is 0 Å². The lowest BCUT2D eigenvalue weighted by molar-refractivity contribution is 0.630. The van der Waals surface area contributed by atoms with Gasteiger partial charge in [-0.15, -0.1) is 0 Å². The molecule has 0 bridgehead atoms. The minimum Gasteiger partial charge on any atom is -0.0964 e. The maximum atomic E-state index is 6.09. The fourth-order valence-electron chi connectivity index (χ4n) is 0.753. The Labute approximate surface area is 70.9 Å². The third-order valence-corrected chi connectivity index (χ3v) is 4.11. The zero-order valence-corrected chi connectivity index (χ0v) is 8.88. The van der Waals surface area contributed by atoms with Crippen LogP contribution in [-0.4, -0.2) is 12.3 Å². The van der Waals surface area contributed by atoms with E-state index in [-0.39, 0.29) is 7.27 Å². The third-order valence-electron chi connectivity index (χ3n) is 1.42. The number of hydrogen-bond donors (Lipinski definition) is 0. The minimum atomic E-state index is -0.141. The summed E-state index contributed by atoms with van der Waals surface area (Å²) in [6.45, 7) is 6.71. The normalized spacial score (nSPS) is 14.1. The average molecular weight is 181 g/mol. The molecule has 0 aromatic carbocycles. The summed E-state index contributed by atoms with van der Waals surface area (Å²) in [6, 6.07) is 0. The van der Waals surface area contributed by atoms with E-state index in [0.29, 0.717) is 0 Å². The number of rotatable bonds is 5. The highest BCUT2D eigenvalue weighted by Crippen LogP contribution is 2.42. The predicted octanol–water partition coefficient (Wildman–Crippen LogP) is 4.08. The largest absolute Gasteiger partial charge is 0.0964 e. The van der Waals surface area contributed by atoms with Gasteiger partial charge in [-0.05, 0) is 31.9 Å². The smallest absolute Gasteiger partial charge is 0.00974 e. The van der Waals surface area contributed by atoms with E-state index < -0.39 is 0 Å². The van der Waals surface area contributed by atoms with Crippen LogP contribution in [0.3, 0.4) is 0 Å². The molecular weight excluding hydrogens is 163 g/mol. The van der Waals surface area contributed by atoms with Crippen molar-refractivity contribution in [2.24, 2.45) is 5.92 Å². The molecule has 0 spiro atoms. The van der Waals surface area contributed by atoms with Gasteiger partial charge in [0.05, 0.1) is 0 Å². The van der Waals surface area contributed by atoms with E-state index in [0.717, 1.165) is 5.92 Å². The second kappa shape index (κ2) is 6.43. The van der Waals surface area contributed by atoms with Crippen LogP contribution in [0.2, 0.25) is 0 Å². The van der Waals surface area contributed by atoms with E-state index in [4.69, 9.17) is 11.2 Å². The average Bonchev–Trinajstić information content (AvgIpc) is 1.85. The van der Waals surface area contributed by atoms with Gasteiger partial charge in [0.15, 0.2) is 0 Å². The standard InChI is InChI=1S/C8H18ClP/c1-4-6-10(9)7-5-8(2)3/h8H,4-7H2,1-3H3. The molecule has 0 heterocycles. The molecule has 1 unspecified atom stereocenters. The Balaban J connectivity index is 3.12. The topological polar surface area (TPSA) is 0 Å². The summed E-state index contributed by atoms with van der Waals surface area (Å²) < 4.78 is 0. The van der Waals surface area contributed by atoms with Crippen LogP contribution < -0.4 is 0 Å². The maximum Gasteiger partial charge on any atom is -0.00974 e. The molecule has 62 valence electrons. The molecule has 0 rings (SSSR count). The zero-order valence-electron chi connectivity index (χ0n) is 7.23. The molecule has 0 saturated heterocycles. The molecule has 0 N–H and O–H groups in total. The van der Waals surface area contributed by atoms with Gasteiger partial charge in [-0.2, -0.15) is 0 Å². The van der Waals surface area contributed by atoms with E-state index in [1.165, 1.54) is 25.2 Å². The van der Waals surface area contributed by atoms with Crippen LogP contribution in [0.15, 0.2) is 0 Å². The van der Waals surface area contributed by atoms with Crippen LogP contribution in [0.1, 0.15) is 33.6 Å². The zero-order chi connectivity index (χ0) is 7.98. The van der Waals surface area contributed by atoms with E-state index in [1.54, 1.807) is 0 Å². The van der Waals surface area contributed by atoms with E-state index >= 15 is 0 Å². The van der Waals surface area contributed by atoms with Crippen molar-refractivity contribution < 1.29 is 0 Å². The highest BCUT2D eigenvalue weighted by atomic mass is 35.7. The molecule has 0 fully saturated rings. The van der Waals surface area contributed by atoms with Gasteiger partial charge in [0.1, 0.15) is 0 Å². The van der Waals surface area contributed by atoms with Crippen LogP contribution >= 0.6 is 18.5 Å². The van der Waals surface area contributed by atoms with Crippen LogP contribution in [0.25, 0.3) is 0 Å². The van der Waals surface area contributed by atoms with Crippen molar-refractivity contribution in [3.8, 4) is 0 Å². The van der Waals surface area contributed by atoms with Crippen molar-refractivity contribution in [3.63, 3.8) is 0 Å². The Morgan fingerprint density at radius 3 is 2.30 bits per heavy atom. The first-order valence-electron chi connectivity index (χ1n) is 4.07. The Kier molecular flexibility index (Phi) is 6.89. The molecule has 0 aliphatic rings. The molecule has 0 aromatic rings. The monoisotopic (exact) mass is 180 g/mol. The van der Waals surface area contributed by atoms with Gasteiger partial charge in [0, 0.05) is 0 Å². The van der Waals surface area contributed by atoms with Gasteiger partial charge in [0.25, 0.3) is 0 Å². The third kappa shape index (κ3) is 6.83. The molecule has 2 heteroatoms. The van der Waals surface area contributed by atoms with Crippen molar-refractivity contribution in [3.05, 3.63) is 0 Å². The summed E-state index contributed by atoms with van der Waals surface area (Å²) in [7, 11) is -0.141. The Morgan fingerprint density at radius 2 is 1.90 bits per heavy atom. The van der Waals surface area contributed by atoms with Crippen LogP contribution in [0.4, 0.5) is 0 Å². The molecule has 0 aromatic heterocycles. The molecule has 1 atom stereocenters. The van der Waals surface area contributed by atoms with Crippen LogP contribution in [0.5, 0.6) is 0 Å². The quantitative estimate of drug-likeness (QED) is 0.560.